The molecule has 0 amide bonds. The van der Waals surface area contributed by atoms with E-state index in [-0.39, 0.29) is 11.1 Å². The molecule has 0 nitrogen and oxygen atoms in total. The summed E-state index contributed by atoms with van der Waals surface area (Å²) < 4.78 is 53.7. The molecule has 128 valence electrons. The summed E-state index contributed by atoms with van der Waals surface area (Å²) in [5.41, 5.74) is 2.15. The molecule has 0 heterocycles. The largest absolute Gasteiger partial charge is 0.206 e. The molecule has 25 heavy (non-hydrogen) atoms. The molecule has 0 saturated heterocycles. The summed E-state index contributed by atoms with van der Waals surface area (Å²) in [4.78, 5) is 0. The molecule has 0 N–H and O–H groups in total. The highest BCUT2D eigenvalue weighted by Crippen LogP contribution is 2.28. The van der Waals surface area contributed by atoms with E-state index in [0.29, 0.717) is 5.92 Å². The second-order valence-electron chi connectivity index (χ2n) is 6.13. The molecule has 0 saturated carbocycles. The summed E-state index contributed by atoms with van der Waals surface area (Å²) in [6, 6.07) is 4.77. The molecule has 2 aromatic rings. The van der Waals surface area contributed by atoms with Gasteiger partial charge in [0.2, 0.25) is 0 Å². The Bertz CT molecular complexity index is 877. The lowest BCUT2D eigenvalue weighted by atomic mass is 9.83. The first kappa shape index (κ1) is 17.3. The Kier molecular flexibility index (Phi) is 4.94. The van der Waals surface area contributed by atoms with Gasteiger partial charge in [0, 0.05) is 5.56 Å². The predicted octanol–water partition coefficient (Wildman–Crippen LogP) is 5.32. The van der Waals surface area contributed by atoms with E-state index in [4.69, 9.17) is 0 Å². The smallest absolute Gasteiger partial charge is 0.194 e. The van der Waals surface area contributed by atoms with Crippen molar-refractivity contribution in [3.63, 3.8) is 0 Å². The molecule has 0 radical (unpaired) electrons. The number of fused-ring (bicyclic) bond motifs is 1. The first-order chi connectivity index (χ1) is 12.0. The van der Waals surface area contributed by atoms with Gasteiger partial charge in [0.05, 0.1) is 5.56 Å². The van der Waals surface area contributed by atoms with Crippen LogP contribution in [0, 0.1) is 41.0 Å². The fourth-order valence-corrected chi connectivity index (χ4v) is 3.11. The van der Waals surface area contributed by atoms with Crippen LogP contribution in [0.2, 0.25) is 0 Å². The maximum atomic E-state index is 14.3. The minimum Gasteiger partial charge on any atom is -0.206 e. The molecule has 1 aliphatic carbocycles. The molecule has 0 fully saturated rings. The lowest BCUT2D eigenvalue weighted by Gasteiger charge is -2.22. The molecule has 0 aliphatic heterocycles. The fourth-order valence-electron chi connectivity index (χ4n) is 3.11. The standard InChI is InChI=1S/C21H16F4/c1-2-3-13-4-6-15-11-16(18(22)12-17(15)8-13)7-5-14-9-19(23)21(25)20(24)10-14/h2-3,9-13H,4,6,8H2,1H3/b3-2+. The summed E-state index contributed by atoms with van der Waals surface area (Å²) in [7, 11) is 0. The quantitative estimate of drug-likeness (QED) is 0.284. The van der Waals surface area contributed by atoms with E-state index in [1.165, 1.54) is 6.07 Å². The summed E-state index contributed by atoms with van der Waals surface area (Å²) in [5, 5.41) is 0. The topological polar surface area (TPSA) is 0 Å². The zero-order valence-corrected chi connectivity index (χ0v) is 13.7. The highest BCUT2D eigenvalue weighted by molar-refractivity contribution is 5.47. The maximum absolute atomic E-state index is 14.3. The lowest BCUT2D eigenvalue weighted by molar-refractivity contribution is 0.446. The number of benzene rings is 2. The van der Waals surface area contributed by atoms with Crippen LogP contribution in [0.25, 0.3) is 0 Å². The van der Waals surface area contributed by atoms with Gasteiger partial charge in [-0.1, -0.05) is 24.0 Å². The van der Waals surface area contributed by atoms with Gasteiger partial charge in [-0.15, -0.1) is 0 Å². The van der Waals surface area contributed by atoms with Gasteiger partial charge in [-0.2, -0.15) is 0 Å². The third-order valence-electron chi connectivity index (χ3n) is 4.35. The highest BCUT2D eigenvalue weighted by Gasteiger charge is 2.18. The highest BCUT2D eigenvalue weighted by atomic mass is 19.2. The van der Waals surface area contributed by atoms with Crippen molar-refractivity contribution in [1.29, 1.82) is 0 Å². The van der Waals surface area contributed by atoms with Gasteiger partial charge in [-0.25, -0.2) is 17.6 Å². The molecular weight excluding hydrogens is 328 g/mol. The SMILES string of the molecule is C/C=C/C1CCc2cc(C#Cc3cc(F)c(F)c(F)c3)c(F)cc2C1. The molecule has 3 rings (SSSR count). The van der Waals surface area contributed by atoms with Crippen LogP contribution in [-0.4, -0.2) is 0 Å². The Balaban J connectivity index is 1.91. The van der Waals surface area contributed by atoms with Crippen molar-refractivity contribution >= 4 is 0 Å². The van der Waals surface area contributed by atoms with Gasteiger partial charge in [0.25, 0.3) is 0 Å². The average molecular weight is 344 g/mol. The van der Waals surface area contributed by atoms with Crippen LogP contribution < -0.4 is 0 Å². The Morgan fingerprint density at radius 1 is 0.920 bits per heavy atom. The summed E-state index contributed by atoms with van der Waals surface area (Å²) in [6.07, 6.45) is 6.75. The summed E-state index contributed by atoms with van der Waals surface area (Å²) in [5.74, 6) is 0.877. The van der Waals surface area contributed by atoms with Crippen molar-refractivity contribution < 1.29 is 17.6 Å². The molecule has 0 aromatic heterocycles. The molecule has 1 unspecified atom stereocenters. The fraction of sp³-hybridized carbons (Fsp3) is 0.238. The Morgan fingerprint density at radius 3 is 2.32 bits per heavy atom. The van der Waals surface area contributed by atoms with Gasteiger partial charge in [-0.3, -0.25) is 0 Å². The summed E-state index contributed by atoms with van der Waals surface area (Å²) in [6.45, 7) is 1.97. The van der Waals surface area contributed by atoms with E-state index in [1.807, 2.05) is 13.0 Å². The third kappa shape index (κ3) is 3.76. The van der Waals surface area contributed by atoms with E-state index < -0.39 is 23.3 Å². The van der Waals surface area contributed by atoms with Crippen molar-refractivity contribution in [3.8, 4) is 11.8 Å². The van der Waals surface area contributed by atoms with E-state index in [9.17, 15) is 17.6 Å². The molecule has 0 spiro atoms. The second kappa shape index (κ2) is 7.14. The van der Waals surface area contributed by atoms with Crippen LogP contribution in [0.3, 0.4) is 0 Å². The van der Waals surface area contributed by atoms with Crippen LogP contribution in [0.1, 0.15) is 35.6 Å². The van der Waals surface area contributed by atoms with Gasteiger partial charge in [0.15, 0.2) is 17.5 Å². The molecular formula is C21H16F4. The van der Waals surface area contributed by atoms with Crippen LogP contribution in [0.5, 0.6) is 0 Å². The predicted molar refractivity (Wildman–Crippen MR) is 89.0 cm³/mol. The molecule has 0 bridgehead atoms. The normalized spacial score (nSPS) is 16.4. The van der Waals surface area contributed by atoms with Gasteiger partial charge >= 0.3 is 0 Å². The molecule has 1 atom stereocenters. The number of hydrogen-bond acceptors (Lipinski definition) is 0. The van der Waals surface area contributed by atoms with Crippen molar-refractivity contribution in [2.45, 2.75) is 26.2 Å². The first-order valence-electron chi connectivity index (χ1n) is 8.08. The molecule has 2 aromatic carbocycles. The van der Waals surface area contributed by atoms with Crippen LogP contribution in [0.4, 0.5) is 17.6 Å². The van der Waals surface area contributed by atoms with Gasteiger partial charge < -0.3 is 0 Å². The van der Waals surface area contributed by atoms with Gasteiger partial charge in [-0.05, 0) is 67.5 Å². The van der Waals surface area contributed by atoms with E-state index in [2.05, 4.69) is 17.9 Å². The lowest BCUT2D eigenvalue weighted by Crippen LogP contribution is -2.13. The van der Waals surface area contributed by atoms with E-state index in [0.717, 1.165) is 42.5 Å². The number of allylic oxidation sites excluding steroid dienone is 2. The Morgan fingerprint density at radius 2 is 1.64 bits per heavy atom. The van der Waals surface area contributed by atoms with Crippen molar-refractivity contribution in [3.05, 3.63) is 81.9 Å². The first-order valence-corrected chi connectivity index (χ1v) is 8.08. The van der Waals surface area contributed by atoms with E-state index >= 15 is 0 Å². The Hall–Kier alpha value is -2.54. The second-order valence-corrected chi connectivity index (χ2v) is 6.13. The monoisotopic (exact) mass is 344 g/mol. The maximum Gasteiger partial charge on any atom is 0.194 e. The zero-order chi connectivity index (χ0) is 18.0. The third-order valence-corrected chi connectivity index (χ3v) is 4.35. The van der Waals surface area contributed by atoms with Crippen LogP contribution in [0.15, 0.2) is 36.4 Å². The molecule has 4 heteroatoms. The van der Waals surface area contributed by atoms with E-state index in [1.54, 1.807) is 6.07 Å². The minimum atomic E-state index is -1.54. The number of aryl methyl sites for hydroxylation is 1. The van der Waals surface area contributed by atoms with Gasteiger partial charge in [0.1, 0.15) is 5.82 Å². The number of hydrogen-bond donors (Lipinski definition) is 0. The number of halogens is 4. The number of rotatable bonds is 1. The average Bonchev–Trinajstić information content (AvgIpc) is 2.58. The summed E-state index contributed by atoms with van der Waals surface area (Å²) >= 11 is 0. The van der Waals surface area contributed by atoms with Crippen molar-refractivity contribution in [1.82, 2.24) is 0 Å². The Labute approximate surface area is 144 Å². The van der Waals surface area contributed by atoms with Crippen molar-refractivity contribution in [2.24, 2.45) is 5.92 Å². The van der Waals surface area contributed by atoms with Crippen molar-refractivity contribution in [2.75, 3.05) is 0 Å². The van der Waals surface area contributed by atoms with Crippen LogP contribution in [-0.2, 0) is 12.8 Å². The zero-order valence-electron chi connectivity index (χ0n) is 13.7. The minimum absolute atomic E-state index is 0.0401. The molecule has 1 aliphatic rings. The van der Waals surface area contributed by atoms with Crippen LogP contribution >= 0.6 is 0 Å².